The molecule has 8 nitrogen and oxygen atoms in total. The summed E-state index contributed by atoms with van der Waals surface area (Å²) in [7, 11) is 3.16. The summed E-state index contributed by atoms with van der Waals surface area (Å²) in [5.41, 5.74) is 11.7. The molecule has 0 spiro atoms. The van der Waals surface area contributed by atoms with Crippen molar-refractivity contribution >= 4 is 33.0 Å². The van der Waals surface area contributed by atoms with Crippen LogP contribution in [0.1, 0.15) is 60.6 Å². The molecule has 0 amide bonds. The van der Waals surface area contributed by atoms with Crippen LogP contribution in [0, 0.1) is 11.3 Å². The molecule has 1 saturated heterocycles. The van der Waals surface area contributed by atoms with E-state index < -0.39 is 5.92 Å². The van der Waals surface area contributed by atoms with Gasteiger partial charge in [-0.25, -0.2) is 4.99 Å². The number of amidine groups is 1. The number of aliphatic imine (C=N–C) groups is 1. The molecule has 1 aromatic carbocycles. The van der Waals surface area contributed by atoms with Crippen LogP contribution in [-0.2, 0) is 4.79 Å². The summed E-state index contributed by atoms with van der Waals surface area (Å²) in [5, 5.41) is 12.8. The predicted octanol–water partition coefficient (Wildman–Crippen LogP) is 4.53. The maximum absolute atomic E-state index is 13.6. The molecule has 0 radical (unpaired) electrons. The molecule has 1 atom stereocenters. The van der Waals surface area contributed by atoms with Gasteiger partial charge in [0.2, 0.25) is 0 Å². The molecule has 8 rings (SSSR count). The minimum atomic E-state index is -0.600. The molecule has 9 heteroatoms. The lowest BCUT2D eigenvalue weighted by atomic mass is 9.75. The lowest BCUT2D eigenvalue weighted by Crippen LogP contribution is -2.40. The van der Waals surface area contributed by atoms with E-state index in [1.807, 2.05) is 18.2 Å². The SMILES string of the molecule is COc1cccc([C@@H]2C(C#N)=C3N=C(N)c4c(sc5c4C4CCN5CC4)N3C3=C2C(=O)CCC3)c1OC. The fraction of sp³-hybridized carbons (Fsp3) is 0.393. The van der Waals surface area contributed by atoms with Gasteiger partial charge in [-0.05, 0) is 37.7 Å². The number of ether oxygens (including phenoxy) is 2. The maximum atomic E-state index is 13.6. The number of hydrogen-bond donors (Lipinski definition) is 1. The smallest absolute Gasteiger partial charge is 0.164 e. The van der Waals surface area contributed by atoms with E-state index in [1.165, 1.54) is 10.6 Å². The fourth-order valence-corrected chi connectivity index (χ4v) is 8.28. The molecular weight excluding hydrogens is 486 g/mol. The highest BCUT2D eigenvalue weighted by Gasteiger charge is 2.47. The standard InChI is InChI=1S/C28H27N5O3S/c1-35-19-8-3-5-15(24(19)36-2)21-16(13-29)26-31-25(30)23-20-14-9-11-32(12-10-14)27(20)37-28(23)33(26)17-6-4-7-18(34)22(17)21/h3,5,8,14,21H,4,6-7,9-12H2,1-2H3,(H2,30,31)/t21-/m1/s1. The van der Waals surface area contributed by atoms with Crippen LogP contribution in [0.25, 0.3) is 0 Å². The topological polar surface area (TPSA) is 104 Å². The molecule has 37 heavy (non-hydrogen) atoms. The van der Waals surface area contributed by atoms with Gasteiger partial charge in [0.1, 0.15) is 10.8 Å². The zero-order valence-corrected chi connectivity index (χ0v) is 21.7. The van der Waals surface area contributed by atoms with E-state index in [4.69, 9.17) is 20.2 Å². The molecule has 188 valence electrons. The van der Waals surface area contributed by atoms with Crippen LogP contribution in [0.2, 0.25) is 0 Å². The second-order valence-electron chi connectivity index (χ2n) is 10.1. The first-order chi connectivity index (χ1) is 18.1. The van der Waals surface area contributed by atoms with E-state index >= 15 is 0 Å². The summed E-state index contributed by atoms with van der Waals surface area (Å²) in [6.45, 7) is 2.12. The van der Waals surface area contributed by atoms with E-state index in [-0.39, 0.29) is 5.78 Å². The van der Waals surface area contributed by atoms with Crippen molar-refractivity contribution in [2.75, 3.05) is 37.1 Å². The van der Waals surface area contributed by atoms with Gasteiger partial charge in [-0.15, -0.1) is 0 Å². The summed E-state index contributed by atoms with van der Waals surface area (Å²) < 4.78 is 11.3. The van der Waals surface area contributed by atoms with Gasteiger partial charge in [0.15, 0.2) is 23.1 Å². The largest absolute Gasteiger partial charge is 0.493 e. The first kappa shape index (κ1) is 22.4. The molecule has 2 bridgehead atoms. The average molecular weight is 514 g/mol. The van der Waals surface area contributed by atoms with Gasteiger partial charge in [0, 0.05) is 41.9 Å². The van der Waals surface area contributed by atoms with Gasteiger partial charge < -0.3 is 20.1 Å². The van der Waals surface area contributed by atoms with Gasteiger partial charge in [-0.3, -0.25) is 9.69 Å². The van der Waals surface area contributed by atoms with E-state index in [0.29, 0.717) is 46.6 Å². The predicted molar refractivity (Wildman–Crippen MR) is 143 cm³/mol. The Bertz CT molecular complexity index is 1500. The third kappa shape index (κ3) is 2.93. The number of thiophene rings is 1. The number of fused-ring (bicyclic) bond motifs is 6. The number of rotatable bonds is 3. The van der Waals surface area contributed by atoms with Crippen molar-refractivity contribution < 1.29 is 14.3 Å². The summed E-state index contributed by atoms with van der Waals surface area (Å²) in [5.74, 6) is 2.01. The zero-order chi connectivity index (χ0) is 25.4. The molecule has 6 aliphatic rings. The number of allylic oxidation sites excluding steroid dienone is 3. The Balaban J connectivity index is 1.51. The number of anilines is 2. The Hall–Kier alpha value is -3.77. The first-order valence-electron chi connectivity index (χ1n) is 12.7. The van der Waals surface area contributed by atoms with Crippen LogP contribution >= 0.6 is 11.3 Å². The zero-order valence-electron chi connectivity index (χ0n) is 20.8. The highest BCUT2D eigenvalue weighted by Crippen LogP contribution is 2.58. The molecule has 1 aliphatic carbocycles. The summed E-state index contributed by atoms with van der Waals surface area (Å²) >= 11 is 1.73. The van der Waals surface area contributed by atoms with Gasteiger partial charge in [-0.1, -0.05) is 23.5 Å². The molecule has 0 saturated carbocycles. The quantitative estimate of drug-likeness (QED) is 0.643. The summed E-state index contributed by atoms with van der Waals surface area (Å²) in [6.07, 6.45) is 4.20. The summed E-state index contributed by atoms with van der Waals surface area (Å²) in [4.78, 5) is 23.1. The van der Waals surface area contributed by atoms with Gasteiger partial charge >= 0.3 is 0 Å². The molecule has 5 aliphatic heterocycles. The van der Waals surface area contributed by atoms with Crippen molar-refractivity contribution in [1.29, 1.82) is 5.26 Å². The Labute approximate surface area is 219 Å². The molecule has 2 N–H and O–H groups in total. The van der Waals surface area contributed by atoms with Crippen LogP contribution in [0.4, 0.5) is 10.0 Å². The Morgan fingerprint density at radius 3 is 2.70 bits per heavy atom. The van der Waals surface area contributed by atoms with Crippen molar-refractivity contribution in [3.63, 3.8) is 0 Å². The minimum Gasteiger partial charge on any atom is -0.493 e. The van der Waals surface area contributed by atoms with Gasteiger partial charge in [0.25, 0.3) is 0 Å². The van der Waals surface area contributed by atoms with Crippen LogP contribution in [0.15, 0.2) is 45.9 Å². The summed E-state index contributed by atoms with van der Waals surface area (Å²) in [6, 6.07) is 8.01. The number of ketones is 1. The number of piperidine rings is 1. The monoisotopic (exact) mass is 513 g/mol. The third-order valence-electron chi connectivity index (χ3n) is 8.38. The van der Waals surface area contributed by atoms with Crippen LogP contribution in [0.5, 0.6) is 11.5 Å². The van der Waals surface area contributed by atoms with Gasteiger partial charge in [-0.2, -0.15) is 5.26 Å². The normalized spacial score (nSPS) is 22.2. The van der Waals surface area contributed by atoms with Crippen molar-refractivity contribution in [3.05, 3.63) is 57.6 Å². The first-order valence-corrected chi connectivity index (χ1v) is 13.6. The van der Waals surface area contributed by atoms with E-state index in [2.05, 4.69) is 15.9 Å². The highest BCUT2D eigenvalue weighted by molar-refractivity contribution is 7.21. The number of nitrogens with zero attached hydrogens (tertiary/aromatic N) is 4. The van der Waals surface area contributed by atoms with Crippen molar-refractivity contribution in [2.24, 2.45) is 10.7 Å². The minimum absolute atomic E-state index is 0.0668. The van der Waals surface area contributed by atoms with Crippen LogP contribution in [0.3, 0.4) is 0 Å². The van der Waals surface area contributed by atoms with E-state index in [9.17, 15) is 10.1 Å². The molecule has 6 heterocycles. The second-order valence-corrected chi connectivity index (χ2v) is 11.1. The Morgan fingerprint density at radius 1 is 1.16 bits per heavy atom. The molecular formula is C28H27N5O3S. The maximum Gasteiger partial charge on any atom is 0.164 e. The number of carbonyl (C=O) groups excluding carboxylic acids is 1. The molecule has 2 aromatic rings. The number of hydrogen-bond acceptors (Lipinski definition) is 9. The number of nitrogens with two attached hydrogens (primary N) is 1. The van der Waals surface area contributed by atoms with E-state index in [1.54, 1.807) is 25.6 Å². The number of para-hydroxylation sites is 1. The van der Waals surface area contributed by atoms with Crippen LogP contribution in [-0.4, -0.2) is 38.9 Å². The number of Topliss-reactive ketones (excluding diaryl/α,β-unsaturated/α-hetero) is 1. The second kappa shape index (κ2) is 8.12. The van der Waals surface area contributed by atoms with Crippen molar-refractivity contribution in [2.45, 2.75) is 43.9 Å². The van der Waals surface area contributed by atoms with Crippen molar-refractivity contribution in [1.82, 2.24) is 0 Å². The average Bonchev–Trinajstić information content (AvgIpc) is 3.36. The third-order valence-corrected chi connectivity index (χ3v) is 9.63. The molecule has 0 unspecified atom stereocenters. The molecule has 1 aromatic heterocycles. The lowest BCUT2D eigenvalue weighted by molar-refractivity contribution is -0.116. The lowest BCUT2D eigenvalue weighted by Gasteiger charge is -2.41. The van der Waals surface area contributed by atoms with Gasteiger partial charge in [0.05, 0.1) is 42.3 Å². The molecule has 1 fully saturated rings. The number of methoxy groups -OCH3 is 2. The van der Waals surface area contributed by atoms with Crippen LogP contribution < -0.4 is 25.0 Å². The Morgan fingerprint density at radius 2 is 1.97 bits per heavy atom. The van der Waals surface area contributed by atoms with Crippen molar-refractivity contribution in [3.8, 4) is 17.6 Å². The number of benzene rings is 1. The number of carbonyl (C=O) groups is 1. The fourth-order valence-electron chi connectivity index (χ4n) is 6.80. The Kier molecular flexibility index (Phi) is 4.92. The van der Waals surface area contributed by atoms with E-state index in [0.717, 1.165) is 60.6 Å². The highest BCUT2D eigenvalue weighted by atomic mass is 32.1. The number of nitriles is 1.